The van der Waals surface area contributed by atoms with Gasteiger partial charge in [-0.3, -0.25) is 0 Å². The van der Waals surface area contributed by atoms with E-state index in [-0.39, 0.29) is 30.0 Å². The second-order valence-electron chi connectivity index (χ2n) is 16.0. The van der Waals surface area contributed by atoms with E-state index in [4.69, 9.17) is 19.9 Å². The predicted molar refractivity (Wildman–Crippen MR) is 156 cm³/mol. The van der Waals surface area contributed by atoms with E-state index in [1.165, 1.54) is 44.9 Å². The van der Waals surface area contributed by atoms with Gasteiger partial charge in [-0.1, -0.05) is 27.7 Å². The summed E-state index contributed by atoms with van der Waals surface area (Å²) in [5.74, 6) is 2.27. The molecule has 0 spiro atoms. The Labute approximate surface area is 251 Å². The van der Waals surface area contributed by atoms with Gasteiger partial charge in [-0.05, 0) is 104 Å². The molecule has 17 atom stereocenters. The monoisotopic (exact) mass is 595 g/mol. The molecule has 0 amide bonds. The van der Waals surface area contributed by atoms with Crippen molar-refractivity contribution in [3.8, 4) is 0 Å². The van der Waals surface area contributed by atoms with Crippen LogP contribution < -0.4 is 5.73 Å². The van der Waals surface area contributed by atoms with Crippen molar-refractivity contribution in [2.24, 2.45) is 58.0 Å². The summed E-state index contributed by atoms with van der Waals surface area (Å²) in [5.41, 5.74) is 7.03. The molecule has 6 aliphatic rings. The zero-order valence-corrected chi connectivity index (χ0v) is 26.1. The maximum absolute atomic E-state index is 11.8. The van der Waals surface area contributed by atoms with Crippen molar-refractivity contribution in [1.82, 2.24) is 0 Å². The molecule has 2 saturated heterocycles. The molecule has 0 unspecified atom stereocenters. The second kappa shape index (κ2) is 11.5. The third-order valence-corrected chi connectivity index (χ3v) is 13.8. The van der Waals surface area contributed by atoms with Crippen LogP contribution in [0.5, 0.6) is 0 Å². The molecular weight excluding hydrogens is 538 g/mol. The number of aliphatic hydroxyl groups excluding tert-OH is 4. The van der Waals surface area contributed by atoms with Crippen LogP contribution in [0.25, 0.3) is 0 Å². The molecule has 0 aromatic heterocycles. The Bertz CT molecular complexity index is 968. The summed E-state index contributed by atoms with van der Waals surface area (Å²) in [7, 11) is 0. The average Bonchev–Trinajstić information content (AvgIpc) is 3.39. The lowest BCUT2D eigenvalue weighted by Crippen LogP contribution is -2.59. The van der Waals surface area contributed by atoms with Crippen molar-refractivity contribution in [2.45, 2.75) is 141 Å². The molecule has 0 radical (unpaired) electrons. The highest BCUT2D eigenvalue weighted by molar-refractivity contribution is 5.15. The van der Waals surface area contributed by atoms with Gasteiger partial charge >= 0.3 is 0 Å². The summed E-state index contributed by atoms with van der Waals surface area (Å²) in [6.45, 7) is 9.06. The number of fused-ring (bicyclic) bond motifs is 7. The van der Waals surface area contributed by atoms with Crippen LogP contribution in [0.15, 0.2) is 0 Å². The Morgan fingerprint density at radius 1 is 0.952 bits per heavy atom. The molecule has 242 valence electrons. The maximum Gasteiger partial charge on any atom is 0.186 e. The molecule has 4 aliphatic carbocycles. The lowest BCUT2D eigenvalue weighted by molar-refractivity contribution is -0.303. The van der Waals surface area contributed by atoms with Crippen molar-refractivity contribution in [1.29, 1.82) is 0 Å². The Morgan fingerprint density at radius 2 is 1.69 bits per heavy atom. The molecule has 6 rings (SSSR count). The average molecular weight is 596 g/mol. The number of rotatable bonds is 7. The second-order valence-corrected chi connectivity index (χ2v) is 16.0. The summed E-state index contributed by atoms with van der Waals surface area (Å²) >= 11 is 0. The van der Waals surface area contributed by atoms with Crippen molar-refractivity contribution in [2.75, 3.05) is 13.2 Å². The first-order valence-corrected chi connectivity index (χ1v) is 16.9. The van der Waals surface area contributed by atoms with Crippen molar-refractivity contribution >= 4 is 0 Å². The minimum absolute atomic E-state index is 0.0379. The van der Waals surface area contributed by atoms with Crippen LogP contribution in [0.1, 0.15) is 91.9 Å². The quantitative estimate of drug-likeness (QED) is 0.261. The van der Waals surface area contributed by atoms with Crippen LogP contribution in [0.4, 0.5) is 0 Å². The lowest BCUT2D eigenvalue weighted by Gasteiger charge is -2.61. The van der Waals surface area contributed by atoms with Gasteiger partial charge in [0.2, 0.25) is 0 Å². The predicted octanol–water partition coefficient (Wildman–Crippen LogP) is 2.54. The van der Waals surface area contributed by atoms with Gasteiger partial charge in [0, 0.05) is 18.4 Å². The van der Waals surface area contributed by atoms with Crippen molar-refractivity contribution < 1.29 is 39.7 Å². The molecule has 0 bridgehead atoms. The van der Waals surface area contributed by atoms with Gasteiger partial charge in [0.15, 0.2) is 12.1 Å². The Morgan fingerprint density at radius 3 is 2.43 bits per heavy atom. The summed E-state index contributed by atoms with van der Waals surface area (Å²) in [5, 5.41) is 51.6. The third-order valence-electron chi connectivity index (χ3n) is 13.8. The van der Waals surface area contributed by atoms with Crippen LogP contribution in [0.3, 0.4) is 0 Å². The fourth-order valence-electron chi connectivity index (χ4n) is 11.3. The first kappa shape index (κ1) is 31.6. The van der Waals surface area contributed by atoms with Gasteiger partial charge in [-0.15, -0.1) is 0 Å². The van der Waals surface area contributed by atoms with Gasteiger partial charge in [0.05, 0.1) is 19.3 Å². The van der Waals surface area contributed by atoms with Crippen LogP contribution in [-0.2, 0) is 14.2 Å². The van der Waals surface area contributed by atoms with E-state index in [2.05, 4.69) is 20.8 Å². The lowest BCUT2D eigenvalue weighted by atomic mass is 9.44. The van der Waals surface area contributed by atoms with E-state index in [9.17, 15) is 25.5 Å². The molecule has 0 aromatic carbocycles. The number of aliphatic hydroxyl groups is 5. The molecule has 4 saturated carbocycles. The highest BCUT2D eigenvalue weighted by Gasteiger charge is 2.68. The summed E-state index contributed by atoms with van der Waals surface area (Å²) in [6.07, 6.45) is 4.75. The third kappa shape index (κ3) is 5.01. The van der Waals surface area contributed by atoms with E-state index in [1.807, 2.05) is 6.92 Å². The van der Waals surface area contributed by atoms with E-state index >= 15 is 0 Å². The Hall–Kier alpha value is -0.360. The van der Waals surface area contributed by atoms with Gasteiger partial charge in [-0.25, -0.2) is 0 Å². The van der Waals surface area contributed by atoms with Crippen LogP contribution in [0.2, 0.25) is 0 Å². The Balaban J connectivity index is 1.05. The molecule has 9 nitrogen and oxygen atoms in total. The number of nitrogens with two attached hydrogens (primary N) is 1. The fourth-order valence-corrected chi connectivity index (χ4v) is 11.3. The topological polar surface area (TPSA) is 155 Å². The largest absolute Gasteiger partial charge is 0.394 e. The van der Waals surface area contributed by atoms with Gasteiger partial charge < -0.3 is 45.5 Å². The molecule has 2 aliphatic heterocycles. The summed E-state index contributed by atoms with van der Waals surface area (Å²) in [4.78, 5) is 0. The van der Waals surface area contributed by atoms with E-state index in [0.717, 1.165) is 24.2 Å². The molecular formula is C33H57NO8. The smallest absolute Gasteiger partial charge is 0.186 e. The fraction of sp³-hybridized carbons (Fsp3) is 1.00. The standard InChI is InChI=1S/C33H57NO8/c1-17(16-40-30-29(38)28(37)27(36)25(15-35)41-30)7-12-33(39)18(2)26-24(42-33)14-23-21-6-5-19-13-20(34)8-10-31(19,3)22(21)9-11-32(23,26)4/h17-30,35-39H,5-16,34H2,1-4H3/t17-,18-,19-,20-,21+,22-,23-,24+,25+,26-,27-,28-,29+,30-,31-,32-,33+/m0/s1. The van der Waals surface area contributed by atoms with Gasteiger partial charge in [-0.2, -0.15) is 0 Å². The van der Waals surface area contributed by atoms with Gasteiger partial charge in [0.1, 0.15) is 24.4 Å². The van der Waals surface area contributed by atoms with Crippen molar-refractivity contribution in [3.05, 3.63) is 0 Å². The summed E-state index contributed by atoms with van der Waals surface area (Å²) in [6, 6.07) is 0.383. The van der Waals surface area contributed by atoms with Crippen molar-refractivity contribution in [3.63, 3.8) is 0 Å². The zero-order valence-electron chi connectivity index (χ0n) is 26.1. The normalized spacial score (nSPS) is 56.3. The van der Waals surface area contributed by atoms with Gasteiger partial charge in [0.25, 0.3) is 0 Å². The number of ether oxygens (including phenoxy) is 3. The molecule has 42 heavy (non-hydrogen) atoms. The van der Waals surface area contributed by atoms with Crippen LogP contribution in [-0.4, -0.2) is 87.4 Å². The van der Waals surface area contributed by atoms with Crippen LogP contribution >= 0.6 is 0 Å². The number of hydrogen-bond acceptors (Lipinski definition) is 9. The first-order chi connectivity index (χ1) is 19.8. The van der Waals surface area contributed by atoms with Crippen LogP contribution in [0, 0.1) is 52.3 Å². The highest BCUT2D eigenvalue weighted by Crippen LogP contribution is 2.70. The zero-order chi connectivity index (χ0) is 30.2. The Kier molecular flexibility index (Phi) is 8.63. The molecule has 9 heteroatoms. The number of hydrogen-bond donors (Lipinski definition) is 6. The van der Waals surface area contributed by atoms with E-state index < -0.39 is 43.1 Å². The minimum atomic E-state index is -1.46. The molecule has 7 N–H and O–H groups in total. The maximum atomic E-state index is 11.8. The minimum Gasteiger partial charge on any atom is -0.394 e. The molecule has 0 aromatic rings. The SMILES string of the molecule is C[C@@H](CC[C@@]1(O)O[C@@H]2C[C@H]3[C@@H]4CC[C@H]5C[C@@H](N)CC[C@]5(C)[C@H]4CC[C@]3(C)[C@H]2[C@@H]1C)CO[C@H]1O[C@H](CO)[C@H](O)[C@H](O)[C@H]1O. The van der Waals surface area contributed by atoms with E-state index in [0.29, 0.717) is 36.1 Å². The molecule has 2 heterocycles. The highest BCUT2D eigenvalue weighted by atomic mass is 16.7. The summed E-state index contributed by atoms with van der Waals surface area (Å²) < 4.78 is 17.9. The first-order valence-electron chi connectivity index (χ1n) is 16.9. The molecule has 6 fully saturated rings. The van der Waals surface area contributed by atoms with E-state index in [1.54, 1.807) is 0 Å².